The van der Waals surface area contributed by atoms with Gasteiger partial charge in [-0.2, -0.15) is 39.9 Å². The van der Waals surface area contributed by atoms with Crippen molar-refractivity contribution in [3.05, 3.63) is 64.6 Å². The number of aromatic nitrogens is 3. The van der Waals surface area contributed by atoms with E-state index in [4.69, 9.17) is 0 Å². The van der Waals surface area contributed by atoms with Crippen LogP contribution in [0.1, 0.15) is 5.56 Å². The SMILES string of the molecule is Cn1cc2c(=O)n(-c3ccc(C(F)(F)F)cc3)c3ccc(NS(=O)(=O)C(F)(F)F)cc3c2n1. The van der Waals surface area contributed by atoms with Gasteiger partial charge in [0.25, 0.3) is 5.56 Å². The Labute approximate surface area is 180 Å². The molecule has 0 atom stereocenters. The van der Waals surface area contributed by atoms with Gasteiger partial charge in [-0.3, -0.25) is 18.8 Å². The number of nitrogens with zero attached hydrogens (tertiary/aromatic N) is 3. The Balaban J connectivity index is 1.98. The molecule has 0 spiro atoms. The maximum atomic E-state index is 13.1. The van der Waals surface area contributed by atoms with Crippen molar-refractivity contribution in [2.75, 3.05) is 4.72 Å². The molecule has 0 bridgehead atoms. The minimum atomic E-state index is -5.71. The third kappa shape index (κ3) is 3.90. The molecule has 0 saturated heterocycles. The van der Waals surface area contributed by atoms with Crippen LogP contribution in [0.2, 0.25) is 0 Å². The quantitative estimate of drug-likeness (QED) is 0.437. The molecule has 2 aromatic carbocycles. The normalized spacial score (nSPS) is 13.1. The fourth-order valence-corrected chi connectivity index (χ4v) is 3.88. The van der Waals surface area contributed by atoms with Gasteiger partial charge in [-0.15, -0.1) is 0 Å². The minimum Gasteiger partial charge on any atom is -0.276 e. The first-order valence-corrected chi connectivity index (χ1v) is 10.5. The van der Waals surface area contributed by atoms with Crippen molar-refractivity contribution >= 4 is 37.5 Å². The summed E-state index contributed by atoms with van der Waals surface area (Å²) in [5.74, 6) is 0. The number of sulfonamides is 1. The third-order valence-corrected chi connectivity index (χ3v) is 5.88. The Morgan fingerprint density at radius 2 is 1.58 bits per heavy atom. The lowest BCUT2D eigenvalue weighted by molar-refractivity contribution is -0.137. The number of rotatable bonds is 3. The van der Waals surface area contributed by atoms with Crippen LogP contribution in [0.4, 0.5) is 32.0 Å². The van der Waals surface area contributed by atoms with Crippen molar-refractivity contribution in [2.45, 2.75) is 11.7 Å². The first-order chi connectivity index (χ1) is 15.2. The van der Waals surface area contributed by atoms with Gasteiger partial charge in [0, 0.05) is 30.0 Å². The second-order valence-electron chi connectivity index (χ2n) is 7.03. The summed E-state index contributed by atoms with van der Waals surface area (Å²) in [6, 6.07) is 6.96. The lowest BCUT2D eigenvalue weighted by Gasteiger charge is -2.15. The number of hydrogen-bond donors (Lipinski definition) is 1. The number of fused-ring (bicyclic) bond motifs is 3. The van der Waals surface area contributed by atoms with Gasteiger partial charge in [0.1, 0.15) is 5.52 Å². The Morgan fingerprint density at radius 1 is 0.939 bits per heavy atom. The van der Waals surface area contributed by atoms with Crippen molar-refractivity contribution in [3.8, 4) is 5.69 Å². The predicted octanol–water partition coefficient (Wildman–Crippen LogP) is 4.16. The van der Waals surface area contributed by atoms with E-state index in [1.807, 2.05) is 0 Å². The highest BCUT2D eigenvalue weighted by atomic mass is 32.2. The van der Waals surface area contributed by atoms with Crippen LogP contribution in [0.5, 0.6) is 0 Å². The number of pyridine rings is 1. The maximum Gasteiger partial charge on any atom is 0.516 e. The largest absolute Gasteiger partial charge is 0.516 e. The maximum absolute atomic E-state index is 13.1. The molecule has 2 aromatic heterocycles. The van der Waals surface area contributed by atoms with Crippen LogP contribution >= 0.6 is 0 Å². The molecule has 0 radical (unpaired) electrons. The van der Waals surface area contributed by atoms with E-state index in [1.165, 1.54) is 28.7 Å². The summed E-state index contributed by atoms with van der Waals surface area (Å²) in [5, 5.41) is 4.26. The number of benzene rings is 2. The lowest BCUT2D eigenvalue weighted by atomic mass is 10.1. The van der Waals surface area contributed by atoms with E-state index in [1.54, 1.807) is 0 Å². The van der Waals surface area contributed by atoms with Gasteiger partial charge < -0.3 is 0 Å². The van der Waals surface area contributed by atoms with Crippen LogP contribution in [0, 0.1) is 0 Å². The highest BCUT2D eigenvalue weighted by Crippen LogP contribution is 2.32. The lowest BCUT2D eigenvalue weighted by Crippen LogP contribution is -2.29. The van der Waals surface area contributed by atoms with E-state index in [0.717, 1.165) is 41.0 Å². The highest BCUT2D eigenvalue weighted by molar-refractivity contribution is 7.93. The molecule has 0 saturated carbocycles. The summed E-state index contributed by atoms with van der Waals surface area (Å²) in [6.07, 6.45) is -3.26. The molecule has 0 unspecified atom stereocenters. The molecule has 174 valence electrons. The number of hydrogen-bond acceptors (Lipinski definition) is 4. The van der Waals surface area contributed by atoms with Gasteiger partial charge in [0.05, 0.1) is 16.5 Å². The Bertz CT molecular complexity index is 1550. The molecule has 0 fully saturated rings. The zero-order chi connectivity index (χ0) is 24.3. The molecular formula is C19H12F6N4O3S. The van der Waals surface area contributed by atoms with Gasteiger partial charge >= 0.3 is 21.7 Å². The average Bonchev–Trinajstić information content (AvgIpc) is 3.09. The van der Waals surface area contributed by atoms with E-state index >= 15 is 0 Å². The van der Waals surface area contributed by atoms with Gasteiger partial charge in [-0.1, -0.05) is 0 Å². The smallest absolute Gasteiger partial charge is 0.276 e. The summed E-state index contributed by atoms with van der Waals surface area (Å²) in [6.45, 7) is 0. The van der Waals surface area contributed by atoms with Gasteiger partial charge in [-0.25, -0.2) is 0 Å². The summed E-state index contributed by atoms with van der Waals surface area (Å²) < 4.78 is 104. The summed E-state index contributed by atoms with van der Waals surface area (Å²) in [7, 11) is -4.22. The Morgan fingerprint density at radius 3 is 2.15 bits per heavy atom. The zero-order valence-electron chi connectivity index (χ0n) is 16.4. The van der Waals surface area contributed by atoms with Crippen LogP contribution < -0.4 is 10.3 Å². The molecule has 7 nitrogen and oxygen atoms in total. The standard InChI is InChI=1S/C19H12F6N4O3S/c1-28-9-14-16(26-28)13-8-11(27-33(31,32)19(23,24)25)4-7-15(13)29(17(14)30)12-5-2-10(3-6-12)18(20,21)22/h2-9,27H,1H3. The topological polar surface area (TPSA) is 86.0 Å². The Kier molecular flexibility index (Phi) is 4.96. The first-order valence-electron chi connectivity index (χ1n) is 8.98. The molecule has 2 heterocycles. The van der Waals surface area contributed by atoms with Crippen LogP contribution in [0.25, 0.3) is 27.5 Å². The number of nitrogens with one attached hydrogen (secondary N) is 1. The number of alkyl halides is 6. The minimum absolute atomic E-state index is 0.0285. The molecule has 0 aliphatic carbocycles. The summed E-state index contributed by atoms with van der Waals surface area (Å²) in [5.41, 5.74) is -7.32. The number of anilines is 1. The molecule has 14 heteroatoms. The first kappa shape index (κ1) is 22.6. The van der Waals surface area contributed by atoms with Crippen molar-refractivity contribution in [1.29, 1.82) is 0 Å². The van der Waals surface area contributed by atoms with Crippen molar-refractivity contribution < 1.29 is 34.8 Å². The van der Waals surface area contributed by atoms with Gasteiger partial charge in [0.2, 0.25) is 0 Å². The molecule has 4 rings (SSSR count). The number of halogens is 6. The van der Waals surface area contributed by atoms with Crippen LogP contribution in [-0.4, -0.2) is 28.3 Å². The van der Waals surface area contributed by atoms with Gasteiger partial charge in [-0.05, 0) is 42.5 Å². The van der Waals surface area contributed by atoms with E-state index in [2.05, 4.69) is 5.10 Å². The van der Waals surface area contributed by atoms with E-state index in [9.17, 15) is 39.6 Å². The summed E-state index contributed by atoms with van der Waals surface area (Å²) in [4.78, 5) is 13.1. The average molecular weight is 490 g/mol. The fraction of sp³-hybridized carbons (Fsp3) is 0.158. The van der Waals surface area contributed by atoms with E-state index in [0.29, 0.717) is 0 Å². The number of aryl methyl sites for hydroxylation is 1. The molecule has 0 amide bonds. The van der Waals surface area contributed by atoms with Crippen molar-refractivity contribution in [3.63, 3.8) is 0 Å². The van der Waals surface area contributed by atoms with Crippen molar-refractivity contribution in [1.82, 2.24) is 14.3 Å². The molecule has 0 aliphatic rings. The molecule has 4 aromatic rings. The van der Waals surface area contributed by atoms with Crippen molar-refractivity contribution in [2.24, 2.45) is 7.05 Å². The molecule has 0 aliphatic heterocycles. The predicted molar refractivity (Wildman–Crippen MR) is 107 cm³/mol. The highest BCUT2D eigenvalue weighted by Gasteiger charge is 2.46. The monoisotopic (exact) mass is 490 g/mol. The fourth-order valence-electron chi connectivity index (χ4n) is 3.33. The van der Waals surface area contributed by atoms with E-state index in [-0.39, 0.29) is 27.5 Å². The molecule has 1 N–H and O–H groups in total. The van der Waals surface area contributed by atoms with Crippen LogP contribution in [0.15, 0.2) is 53.5 Å². The second-order valence-corrected chi connectivity index (χ2v) is 8.71. The molecular weight excluding hydrogens is 478 g/mol. The second kappa shape index (κ2) is 7.23. The molecule has 33 heavy (non-hydrogen) atoms. The van der Waals surface area contributed by atoms with E-state index < -0.39 is 38.5 Å². The summed E-state index contributed by atoms with van der Waals surface area (Å²) >= 11 is 0. The third-order valence-electron chi connectivity index (χ3n) is 4.76. The van der Waals surface area contributed by atoms with Crippen LogP contribution in [-0.2, 0) is 23.2 Å². The zero-order valence-corrected chi connectivity index (χ0v) is 17.2. The Hall–Kier alpha value is -3.55. The van der Waals surface area contributed by atoms with Gasteiger partial charge in [0.15, 0.2) is 0 Å². The van der Waals surface area contributed by atoms with Crippen LogP contribution in [0.3, 0.4) is 0 Å².